The van der Waals surface area contributed by atoms with Crippen LogP contribution in [0.25, 0.3) is 10.1 Å². The smallest absolute Gasteiger partial charge is 0.408 e. The molecule has 10 nitrogen and oxygen atoms in total. The second-order valence-electron chi connectivity index (χ2n) is 13.0. The summed E-state index contributed by atoms with van der Waals surface area (Å²) >= 11 is 1.52. The lowest BCUT2D eigenvalue weighted by Crippen LogP contribution is -2.56. The van der Waals surface area contributed by atoms with E-state index in [1.165, 1.54) is 16.2 Å². The molecular weight excluding hydrogens is 592 g/mol. The molecule has 0 unspecified atom stereocenters. The van der Waals surface area contributed by atoms with Gasteiger partial charge in [-0.1, -0.05) is 48.5 Å². The van der Waals surface area contributed by atoms with Gasteiger partial charge in [0.25, 0.3) is 0 Å². The Bertz CT molecular complexity index is 1480. The minimum Gasteiger partial charge on any atom is -0.444 e. The Morgan fingerprint density at radius 3 is 2.22 bits per heavy atom. The molecule has 0 aliphatic rings. The van der Waals surface area contributed by atoms with Gasteiger partial charge in [0.05, 0.1) is 17.6 Å². The molecule has 244 valence electrons. The molecule has 0 radical (unpaired) electrons. The number of ether oxygens (including phenoxy) is 2. The number of fused-ring (bicyclic) bond motifs is 1. The number of carbonyl (C=O) groups is 4. The average Bonchev–Trinajstić information content (AvgIpc) is 3.41. The van der Waals surface area contributed by atoms with Gasteiger partial charge < -0.3 is 30.3 Å². The number of benzene rings is 2. The molecule has 0 aliphatic heterocycles. The number of hydrogen-bond donors (Lipinski definition) is 3. The summed E-state index contributed by atoms with van der Waals surface area (Å²) in [5, 5.41) is 11.2. The van der Waals surface area contributed by atoms with Crippen molar-refractivity contribution in [3.05, 3.63) is 71.1 Å². The summed E-state index contributed by atoms with van der Waals surface area (Å²) in [4.78, 5) is 54.2. The highest BCUT2D eigenvalue weighted by Crippen LogP contribution is 2.36. The molecule has 0 spiro atoms. The lowest BCUT2D eigenvalue weighted by atomic mass is 9.80. The van der Waals surface area contributed by atoms with Gasteiger partial charge >= 0.3 is 6.09 Å². The first kappa shape index (κ1) is 35.5. The van der Waals surface area contributed by atoms with Gasteiger partial charge in [0.1, 0.15) is 18.2 Å². The van der Waals surface area contributed by atoms with Gasteiger partial charge in [0.2, 0.25) is 17.7 Å². The maximum atomic E-state index is 14.4. The minimum absolute atomic E-state index is 0.0234. The van der Waals surface area contributed by atoms with Crippen molar-refractivity contribution >= 4 is 45.2 Å². The third kappa shape index (κ3) is 9.76. The van der Waals surface area contributed by atoms with Crippen LogP contribution in [0.1, 0.15) is 52.7 Å². The Morgan fingerprint density at radius 2 is 1.58 bits per heavy atom. The van der Waals surface area contributed by atoms with Crippen LogP contribution in [0.4, 0.5) is 4.79 Å². The highest BCUT2D eigenvalue weighted by atomic mass is 32.1. The standard InChI is InChI=1S/C34H46N4O6S/c1-32(2,3)44-31(42)37-33(4,5)22-43-19-28(39)36-21-34(6,25-20-45-27-17-13-12-16-24(25)27)30(41)38(8)26(29(40)35-7)18-23-14-10-9-11-15-23/h9-17,20,26H,18-19,21-22H2,1-8H3,(H,35,40)(H,36,39)(H,37,42)/t26-,34+/m1/s1. The molecule has 0 saturated heterocycles. The number of alkyl carbamates (subject to hydrolysis) is 1. The molecule has 45 heavy (non-hydrogen) atoms. The zero-order valence-electron chi connectivity index (χ0n) is 27.5. The van der Waals surface area contributed by atoms with E-state index in [4.69, 9.17) is 9.47 Å². The molecule has 2 aromatic carbocycles. The first-order chi connectivity index (χ1) is 21.1. The summed E-state index contributed by atoms with van der Waals surface area (Å²) in [5.41, 5.74) is -0.958. The van der Waals surface area contributed by atoms with E-state index in [1.807, 2.05) is 60.0 Å². The van der Waals surface area contributed by atoms with Crippen molar-refractivity contribution < 1.29 is 28.7 Å². The summed E-state index contributed by atoms with van der Waals surface area (Å²) in [6.07, 6.45) is -0.249. The first-order valence-corrected chi connectivity index (χ1v) is 15.8. The molecule has 1 aromatic heterocycles. The van der Waals surface area contributed by atoms with Crippen LogP contribution in [0.3, 0.4) is 0 Å². The average molecular weight is 639 g/mol. The number of carbonyl (C=O) groups excluding carboxylic acids is 4. The van der Waals surface area contributed by atoms with Gasteiger partial charge in [-0.3, -0.25) is 14.4 Å². The molecule has 0 bridgehead atoms. The van der Waals surface area contributed by atoms with Gasteiger partial charge in [-0.2, -0.15) is 0 Å². The van der Waals surface area contributed by atoms with Crippen LogP contribution in [-0.2, 0) is 35.7 Å². The van der Waals surface area contributed by atoms with E-state index in [2.05, 4.69) is 16.0 Å². The number of nitrogens with zero attached hydrogens (tertiary/aromatic N) is 1. The van der Waals surface area contributed by atoms with Crippen molar-refractivity contribution in [2.45, 2.75) is 70.6 Å². The lowest BCUT2D eigenvalue weighted by Gasteiger charge is -2.36. The highest BCUT2D eigenvalue weighted by molar-refractivity contribution is 7.17. The van der Waals surface area contributed by atoms with Crippen molar-refractivity contribution in [3.63, 3.8) is 0 Å². The topological polar surface area (TPSA) is 126 Å². The molecule has 3 aromatic rings. The Balaban J connectivity index is 1.78. The minimum atomic E-state index is -1.20. The SMILES string of the molecule is CNC(=O)[C@@H](Cc1ccccc1)N(C)C(=O)[C@@](C)(CNC(=O)COCC(C)(C)NC(=O)OC(C)(C)C)c1csc2ccccc12. The lowest BCUT2D eigenvalue weighted by molar-refractivity contribution is -0.143. The van der Waals surface area contributed by atoms with Crippen molar-refractivity contribution in [1.82, 2.24) is 20.9 Å². The quantitative estimate of drug-likeness (QED) is 0.255. The maximum Gasteiger partial charge on any atom is 0.408 e. The van der Waals surface area contributed by atoms with E-state index in [9.17, 15) is 19.2 Å². The third-order valence-corrected chi connectivity index (χ3v) is 8.29. The first-order valence-electron chi connectivity index (χ1n) is 14.9. The number of likely N-dealkylation sites (N-methyl/N-ethyl adjacent to an activating group) is 2. The summed E-state index contributed by atoms with van der Waals surface area (Å²) in [6, 6.07) is 16.6. The molecule has 0 aliphatic carbocycles. The number of nitrogens with one attached hydrogen (secondary N) is 3. The van der Waals surface area contributed by atoms with Crippen LogP contribution in [-0.4, -0.2) is 79.8 Å². The fraction of sp³-hybridized carbons (Fsp3) is 0.471. The number of amides is 4. The number of rotatable bonds is 13. The van der Waals surface area contributed by atoms with Crippen molar-refractivity contribution in [2.75, 3.05) is 33.9 Å². The van der Waals surface area contributed by atoms with Gasteiger partial charge in [-0.05, 0) is 69.5 Å². The zero-order valence-corrected chi connectivity index (χ0v) is 28.3. The molecule has 1 heterocycles. The monoisotopic (exact) mass is 638 g/mol. The summed E-state index contributed by atoms with van der Waals surface area (Å²) in [6.45, 7) is 10.4. The predicted molar refractivity (Wildman–Crippen MR) is 177 cm³/mol. The molecule has 11 heteroatoms. The van der Waals surface area contributed by atoms with Gasteiger partial charge in [0, 0.05) is 31.8 Å². The van der Waals surface area contributed by atoms with Crippen LogP contribution < -0.4 is 16.0 Å². The van der Waals surface area contributed by atoms with Gasteiger partial charge in [-0.15, -0.1) is 11.3 Å². The van der Waals surface area contributed by atoms with Crippen LogP contribution in [0, 0.1) is 0 Å². The van der Waals surface area contributed by atoms with E-state index < -0.39 is 34.6 Å². The van der Waals surface area contributed by atoms with Gasteiger partial charge in [-0.25, -0.2) is 4.79 Å². The second-order valence-corrected chi connectivity index (χ2v) is 13.9. The van der Waals surface area contributed by atoms with Crippen molar-refractivity contribution in [2.24, 2.45) is 0 Å². The Hall–Kier alpha value is -3.96. The van der Waals surface area contributed by atoms with E-state index in [1.54, 1.807) is 55.6 Å². The molecular formula is C34H46N4O6S. The molecule has 0 fully saturated rings. The Kier molecular flexibility index (Phi) is 11.7. The molecule has 3 N–H and O–H groups in total. The normalized spacial score (nSPS) is 13.8. The molecule has 0 saturated carbocycles. The Morgan fingerprint density at radius 1 is 0.933 bits per heavy atom. The van der Waals surface area contributed by atoms with Crippen molar-refractivity contribution in [1.29, 1.82) is 0 Å². The van der Waals surface area contributed by atoms with Crippen LogP contribution >= 0.6 is 11.3 Å². The van der Waals surface area contributed by atoms with E-state index in [0.29, 0.717) is 6.42 Å². The van der Waals surface area contributed by atoms with E-state index in [-0.39, 0.29) is 31.6 Å². The van der Waals surface area contributed by atoms with E-state index in [0.717, 1.165) is 21.2 Å². The number of thiophene rings is 1. The van der Waals surface area contributed by atoms with Crippen LogP contribution in [0.5, 0.6) is 0 Å². The molecule has 4 amide bonds. The highest BCUT2D eigenvalue weighted by Gasteiger charge is 2.42. The fourth-order valence-electron chi connectivity index (χ4n) is 4.97. The zero-order chi connectivity index (χ0) is 33.4. The maximum absolute atomic E-state index is 14.4. The Labute approximate surface area is 269 Å². The van der Waals surface area contributed by atoms with Gasteiger partial charge in [0.15, 0.2) is 0 Å². The fourth-order valence-corrected chi connectivity index (χ4v) is 6.07. The molecule has 2 atom stereocenters. The van der Waals surface area contributed by atoms with Crippen LogP contribution in [0.2, 0.25) is 0 Å². The van der Waals surface area contributed by atoms with Crippen LogP contribution in [0.15, 0.2) is 60.0 Å². The summed E-state index contributed by atoms with van der Waals surface area (Å²) < 4.78 is 12.0. The predicted octanol–water partition coefficient (Wildman–Crippen LogP) is 4.41. The third-order valence-electron chi connectivity index (χ3n) is 7.33. The summed E-state index contributed by atoms with van der Waals surface area (Å²) in [7, 11) is 3.18. The second kappa shape index (κ2) is 14.9. The number of hydrogen-bond acceptors (Lipinski definition) is 7. The van der Waals surface area contributed by atoms with Crippen molar-refractivity contribution in [3.8, 4) is 0 Å². The molecule has 3 rings (SSSR count). The van der Waals surface area contributed by atoms with E-state index >= 15 is 0 Å². The largest absolute Gasteiger partial charge is 0.444 e. The summed E-state index contributed by atoms with van der Waals surface area (Å²) in [5.74, 6) is -1.01.